The highest BCUT2D eigenvalue weighted by atomic mass is 19.2. The van der Waals surface area contributed by atoms with Crippen molar-refractivity contribution >= 4 is 0 Å². The zero-order chi connectivity index (χ0) is 15.6. The number of hydrogen-bond donors (Lipinski definition) is 1. The van der Waals surface area contributed by atoms with Gasteiger partial charge in [0.15, 0.2) is 23.3 Å². The van der Waals surface area contributed by atoms with Crippen molar-refractivity contribution < 1.29 is 17.6 Å². The monoisotopic (exact) mass is 304 g/mol. The summed E-state index contributed by atoms with van der Waals surface area (Å²) in [4.78, 5) is 1.89. The van der Waals surface area contributed by atoms with Crippen molar-refractivity contribution in [1.82, 2.24) is 10.2 Å². The molecule has 1 fully saturated rings. The Kier molecular flexibility index (Phi) is 5.22. The summed E-state index contributed by atoms with van der Waals surface area (Å²) in [7, 11) is 0. The van der Waals surface area contributed by atoms with E-state index in [-0.39, 0.29) is 12.0 Å². The lowest BCUT2D eigenvalue weighted by Crippen LogP contribution is -2.47. The van der Waals surface area contributed by atoms with Crippen LogP contribution in [-0.4, -0.2) is 31.1 Å². The molecule has 2 nitrogen and oxygen atoms in total. The molecule has 1 aromatic rings. The minimum absolute atomic E-state index is 0.117. The Morgan fingerprint density at radius 1 is 1.10 bits per heavy atom. The summed E-state index contributed by atoms with van der Waals surface area (Å²) >= 11 is 0. The fourth-order valence-electron chi connectivity index (χ4n) is 2.86. The Hall–Kier alpha value is -1.14. The van der Waals surface area contributed by atoms with Crippen molar-refractivity contribution in [2.75, 3.05) is 26.2 Å². The topological polar surface area (TPSA) is 15.3 Å². The molecule has 0 bridgehead atoms. The van der Waals surface area contributed by atoms with Crippen LogP contribution in [0.2, 0.25) is 0 Å². The van der Waals surface area contributed by atoms with Gasteiger partial charge in [-0.2, -0.15) is 0 Å². The zero-order valence-corrected chi connectivity index (χ0v) is 12.2. The summed E-state index contributed by atoms with van der Waals surface area (Å²) < 4.78 is 55.2. The first-order chi connectivity index (χ1) is 9.97. The van der Waals surface area contributed by atoms with Crippen LogP contribution in [0.4, 0.5) is 17.6 Å². The van der Waals surface area contributed by atoms with Crippen LogP contribution >= 0.6 is 0 Å². The van der Waals surface area contributed by atoms with Crippen LogP contribution in [0.15, 0.2) is 6.07 Å². The van der Waals surface area contributed by atoms with E-state index >= 15 is 0 Å². The van der Waals surface area contributed by atoms with Crippen LogP contribution in [0.1, 0.15) is 31.9 Å². The highest BCUT2D eigenvalue weighted by Gasteiger charge is 2.33. The molecule has 0 aromatic heterocycles. The fraction of sp³-hybridized carbons (Fsp3) is 0.600. The molecular formula is C15H20F4N2. The van der Waals surface area contributed by atoms with Crippen molar-refractivity contribution in [3.63, 3.8) is 0 Å². The molecule has 1 saturated heterocycles. The number of halogens is 4. The van der Waals surface area contributed by atoms with E-state index in [1.54, 1.807) is 0 Å². The molecule has 0 amide bonds. The summed E-state index contributed by atoms with van der Waals surface area (Å²) in [6.45, 7) is 6.29. The maximum absolute atomic E-state index is 14.1. The third kappa shape index (κ3) is 3.21. The molecule has 1 aromatic carbocycles. The lowest BCUT2D eigenvalue weighted by Gasteiger charge is -2.38. The van der Waals surface area contributed by atoms with E-state index in [2.05, 4.69) is 5.32 Å². The Morgan fingerprint density at radius 3 is 2.10 bits per heavy atom. The Labute approximate surface area is 122 Å². The van der Waals surface area contributed by atoms with E-state index in [0.717, 1.165) is 0 Å². The van der Waals surface area contributed by atoms with Gasteiger partial charge in [-0.1, -0.05) is 20.3 Å². The Morgan fingerprint density at radius 2 is 1.62 bits per heavy atom. The number of nitrogens with one attached hydrogen (secondary N) is 1. The molecule has 0 spiro atoms. The first-order valence-electron chi connectivity index (χ1n) is 7.25. The van der Waals surface area contributed by atoms with E-state index in [4.69, 9.17) is 0 Å². The molecule has 1 aliphatic rings. The van der Waals surface area contributed by atoms with E-state index in [9.17, 15) is 17.6 Å². The number of hydrogen-bond acceptors (Lipinski definition) is 2. The number of benzene rings is 1. The summed E-state index contributed by atoms with van der Waals surface area (Å²) in [6, 6.07) is -0.401. The molecule has 21 heavy (non-hydrogen) atoms. The standard InChI is InChI=1S/C15H20F4N2/c1-3-9(2)15(21-6-4-20-5-7-21)12-13(18)10(16)8-11(17)14(12)19/h8-9,15,20H,3-7H2,1-2H3/t9?,15-/m0/s1. The summed E-state index contributed by atoms with van der Waals surface area (Å²) in [6.07, 6.45) is 0.658. The molecule has 1 unspecified atom stereocenters. The Bertz CT molecular complexity index is 475. The molecule has 2 rings (SSSR count). The molecular weight excluding hydrogens is 284 g/mol. The maximum Gasteiger partial charge on any atom is 0.166 e. The van der Waals surface area contributed by atoms with Crippen LogP contribution in [0, 0.1) is 29.2 Å². The second kappa shape index (κ2) is 6.75. The summed E-state index contributed by atoms with van der Waals surface area (Å²) in [5.41, 5.74) is -0.483. The van der Waals surface area contributed by atoms with Crippen LogP contribution in [0.3, 0.4) is 0 Å². The van der Waals surface area contributed by atoms with Crippen LogP contribution in [-0.2, 0) is 0 Å². The van der Waals surface area contributed by atoms with Gasteiger partial charge >= 0.3 is 0 Å². The molecule has 0 radical (unpaired) electrons. The minimum Gasteiger partial charge on any atom is -0.314 e. The minimum atomic E-state index is -1.34. The van der Waals surface area contributed by atoms with Gasteiger partial charge in [0.25, 0.3) is 0 Å². The fourth-order valence-corrected chi connectivity index (χ4v) is 2.86. The lowest BCUT2D eigenvalue weighted by atomic mass is 9.89. The Balaban J connectivity index is 2.50. The first kappa shape index (κ1) is 16.2. The first-order valence-corrected chi connectivity index (χ1v) is 7.25. The van der Waals surface area contributed by atoms with Crippen molar-refractivity contribution in [3.8, 4) is 0 Å². The van der Waals surface area contributed by atoms with Crippen molar-refractivity contribution in [2.45, 2.75) is 26.3 Å². The molecule has 1 heterocycles. The van der Waals surface area contributed by atoms with Gasteiger partial charge in [0.05, 0.1) is 0 Å². The zero-order valence-electron chi connectivity index (χ0n) is 12.2. The van der Waals surface area contributed by atoms with Gasteiger partial charge in [-0.05, 0) is 5.92 Å². The van der Waals surface area contributed by atoms with Gasteiger partial charge < -0.3 is 5.32 Å². The lowest BCUT2D eigenvalue weighted by molar-refractivity contribution is 0.120. The highest BCUT2D eigenvalue weighted by molar-refractivity contribution is 5.26. The number of nitrogens with zero attached hydrogens (tertiary/aromatic N) is 1. The van der Waals surface area contributed by atoms with E-state index in [1.165, 1.54) is 0 Å². The van der Waals surface area contributed by atoms with Gasteiger partial charge in [0, 0.05) is 43.9 Å². The third-order valence-electron chi connectivity index (χ3n) is 4.17. The van der Waals surface area contributed by atoms with E-state index < -0.39 is 34.9 Å². The molecule has 1 N–H and O–H groups in total. The molecule has 0 saturated carbocycles. The normalized spacial score (nSPS) is 19.5. The predicted molar refractivity (Wildman–Crippen MR) is 72.9 cm³/mol. The van der Waals surface area contributed by atoms with E-state index in [0.29, 0.717) is 32.6 Å². The largest absolute Gasteiger partial charge is 0.314 e. The van der Waals surface area contributed by atoms with Crippen LogP contribution in [0.25, 0.3) is 0 Å². The van der Waals surface area contributed by atoms with Gasteiger partial charge in [0.1, 0.15) is 0 Å². The number of piperazine rings is 1. The SMILES string of the molecule is CCC(C)[C@@H](c1c(F)c(F)cc(F)c1F)N1CCNCC1. The van der Waals surface area contributed by atoms with Crippen LogP contribution in [0.5, 0.6) is 0 Å². The summed E-state index contributed by atoms with van der Waals surface area (Å²) in [5.74, 6) is -5.36. The average Bonchev–Trinajstić information content (AvgIpc) is 2.49. The van der Waals surface area contributed by atoms with E-state index in [1.807, 2.05) is 18.7 Å². The maximum atomic E-state index is 14.1. The highest BCUT2D eigenvalue weighted by Crippen LogP contribution is 2.35. The van der Waals surface area contributed by atoms with Crippen molar-refractivity contribution in [1.29, 1.82) is 0 Å². The molecule has 6 heteroatoms. The second-order valence-electron chi connectivity index (χ2n) is 5.50. The van der Waals surface area contributed by atoms with Gasteiger partial charge in [-0.3, -0.25) is 4.90 Å². The predicted octanol–water partition coefficient (Wildman–Crippen LogP) is 3.24. The van der Waals surface area contributed by atoms with Gasteiger partial charge in [-0.25, -0.2) is 17.6 Å². The molecule has 0 aliphatic carbocycles. The van der Waals surface area contributed by atoms with Gasteiger partial charge in [0.2, 0.25) is 0 Å². The third-order valence-corrected chi connectivity index (χ3v) is 4.17. The molecule has 118 valence electrons. The molecule has 2 atom stereocenters. The van der Waals surface area contributed by atoms with Crippen molar-refractivity contribution in [3.05, 3.63) is 34.9 Å². The smallest absolute Gasteiger partial charge is 0.166 e. The van der Waals surface area contributed by atoms with Crippen LogP contribution < -0.4 is 5.32 Å². The molecule has 1 aliphatic heterocycles. The van der Waals surface area contributed by atoms with Gasteiger partial charge in [-0.15, -0.1) is 0 Å². The quantitative estimate of drug-likeness (QED) is 0.678. The summed E-state index contributed by atoms with van der Waals surface area (Å²) in [5, 5.41) is 3.15. The average molecular weight is 304 g/mol. The second-order valence-corrected chi connectivity index (χ2v) is 5.50. The van der Waals surface area contributed by atoms with Crippen molar-refractivity contribution in [2.24, 2.45) is 5.92 Å². The number of rotatable bonds is 4.